The third-order valence-electron chi connectivity index (χ3n) is 4.21. The van der Waals surface area contributed by atoms with Crippen molar-refractivity contribution in [2.75, 3.05) is 0 Å². The molecule has 3 rings (SSSR count). The molecule has 2 aromatic heterocycles. The first-order valence-corrected chi connectivity index (χ1v) is 8.39. The molecule has 0 radical (unpaired) electrons. The van der Waals surface area contributed by atoms with E-state index in [4.69, 9.17) is 9.26 Å². The van der Waals surface area contributed by atoms with Gasteiger partial charge in [0.05, 0.1) is 28.6 Å². The van der Waals surface area contributed by atoms with Crippen LogP contribution in [0, 0.1) is 13.8 Å². The normalized spacial score (nSPS) is 12.0. The summed E-state index contributed by atoms with van der Waals surface area (Å²) < 4.78 is 12.7. The first-order valence-electron chi connectivity index (χ1n) is 8.39. The van der Waals surface area contributed by atoms with E-state index in [0.717, 1.165) is 17.0 Å². The Morgan fingerprint density at radius 1 is 1.31 bits per heavy atom. The van der Waals surface area contributed by atoms with Crippen LogP contribution in [0.3, 0.4) is 0 Å². The fraction of sp³-hybridized carbons (Fsp3) is 0.316. The molecule has 0 spiro atoms. The summed E-state index contributed by atoms with van der Waals surface area (Å²) in [6.45, 7) is 5.89. The van der Waals surface area contributed by atoms with Gasteiger partial charge in [0.1, 0.15) is 18.1 Å². The highest BCUT2D eigenvalue weighted by molar-refractivity contribution is 5.97. The Hall–Kier alpha value is -3.09. The molecule has 1 atom stereocenters. The zero-order valence-corrected chi connectivity index (χ0v) is 15.3. The topological polar surface area (TPSA) is 82.2 Å². The lowest BCUT2D eigenvalue weighted by atomic mass is 10.1. The Morgan fingerprint density at radius 3 is 2.73 bits per heavy atom. The van der Waals surface area contributed by atoms with E-state index >= 15 is 0 Å². The molecule has 0 saturated carbocycles. The van der Waals surface area contributed by atoms with Crippen molar-refractivity contribution >= 4 is 5.91 Å². The molecule has 0 fully saturated rings. The van der Waals surface area contributed by atoms with E-state index in [9.17, 15) is 4.79 Å². The number of rotatable bonds is 6. The smallest absolute Gasteiger partial charge is 0.255 e. The molecule has 0 unspecified atom stereocenters. The molecule has 2 heterocycles. The number of carbonyl (C=O) groups is 1. The molecular weight excluding hydrogens is 332 g/mol. The van der Waals surface area contributed by atoms with Gasteiger partial charge in [-0.1, -0.05) is 17.3 Å². The molecular formula is C19H22N4O3. The number of hydrogen-bond donors (Lipinski definition) is 1. The largest absolute Gasteiger partial charge is 0.488 e. The Bertz CT molecular complexity index is 894. The summed E-state index contributed by atoms with van der Waals surface area (Å²) in [5, 5.41) is 11.2. The Kier molecular flexibility index (Phi) is 5.06. The molecule has 26 heavy (non-hydrogen) atoms. The molecule has 3 aromatic rings. The summed E-state index contributed by atoms with van der Waals surface area (Å²) in [6.07, 6.45) is 1.85. The number of para-hydroxylation sites is 1. The van der Waals surface area contributed by atoms with Crippen LogP contribution in [0.2, 0.25) is 0 Å². The number of benzene rings is 1. The summed E-state index contributed by atoms with van der Waals surface area (Å²) >= 11 is 0. The standard InChI is InChI=1S/C19H22N4O3/c1-12-16(14(3)26-22-12)11-25-18-8-6-5-7-15(18)19(24)20-13(2)17-9-10-23(4)21-17/h5-10,13H,11H2,1-4H3,(H,20,24)/t13-/m0/s1. The zero-order chi connectivity index (χ0) is 18.7. The van der Waals surface area contributed by atoms with Crippen LogP contribution >= 0.6 is 0 Å². The number of hydrogen-bond acceptors (Lipinski definition) is 5. The van der Waals surface area contributed by atoms with Gasteiger partial charge in [-0.2, -0.15) is 5.10 Å². The predicted octanol–water partition coefficient (Wildman–Crippen LogP) is 3.09. The van der Waals surface area contributed by atoms with Crippen molar-refractivity contribution < 1.29 is 14.1 Å². The lowest BCUT2D eigenvalue weighted by Gasteiger charge is -2.14. The number of carbonyl (C=O) groups excluding carboxylic acids is 1. The van der Waals surface area contributed by atoms with E-state index in [0.29, 0.717) is 23.7 Å². The van der Waals surface area contributed by atoms with Crippen LogP contribution in [-0.2, 0) is 13.7 Å². The van der Waals surface area contributed by atoms with Crippen molar-refractivity contribution in [3.63, 3.8) is 0 Å². The minimum absolute atomic E-state index is 0.209. The average Bonchev–Trinajstić information content (AvgIpc) is 3.19. The van der Waals surface area contributed by atoms with Crippen molar-refractivity contribution in [1.82, 2.24) is 20.3 Å². The number of nitrogens with one attached hydrogen (secondary N) is 1. The third kappa shape index (κ3) is 3.77. The van der Waals surface area contributed by atoms with Gasteiger partial charge in [-0.15, -0.1) is 0 Å². The second-order valence-corrected chi connectivity index (χ2v) is 6.20. The molecule has 0 aliphatic carbocycles. The SMILES string of the molecule is Cc1noc(C)c1COc1ccccc1C(=O)N[C@@H](C)c1ccn(C)n1. The number of aromatic nitrogens is 3. The molecule has 7 nitrogen and oxygen atoms in total. The minimum Gasteiger partial charge on any atom is -0.488 e. The Morgan fingerprint density at radius 2 is 2.08 bits per heavy atom. The zero-order valence-electron chi connectivity index (χ0n) is 15.3. The van der Waals surface area contributed by atoms with Gasteiger partial charge in [-0.3, -0.25) is 9.48 Å². The molecule has 0 aliphatic rings. The first kappa shape index (κ1) is 17.7. The fourth-order valence-electron chi connectivity index (χ4n) is 2.65. The van der Waals surface area contributed by atoms with Gasteiger partial charge < -0.3 is 14.6 Å². The molecule has 0 saturated heterocycles. The first-order chi connectivity index (χ1) is 12.5. The van der Waals surface area contributed by atoms with Crippen molar-refractivity contribution in [2.24, 2.45) is 7.05 Å². The van der Waals surface area contributed by atoms with Crippen LogP contribution in [0.1, 0.15) is 46.0 Å². The van der Waals surface area contributed by atoms with E-state index < -0.39 is 0 Å². The Balaban J connectivity index is 1.73. The molecule has 136 valence electrons. The number of nitrogens with zero attached hydrogens (tertiary/aromatic N) is 3. The maximum atomic E-state index is 12.7. The summed E-state index contributed by atoms with van der Waals surface area (Å²) in [4.78, 5) is 12.7. The lowest BCUT2D eigenvalue weighted by molar-refractivity contribution is 0.0934. The molecule has 1 aromatic carbocycles. The van der Waals surface area contributed by atoms with E-state index in [2.05, 4.69) is 15.6 Å². The second kappa shape index (κ2) is 7.43. The Labute approximate surface area is 151 Å². The van der Waals surface area contributed by atoms with Gasteiger partial charge in [0.25, 0.3) is 5.91 Å². The summed E-state index contributed by atoms with van der Waals surface area (Å²) in [5.41, 5.74) is 2.95. The monoisotopic (exact) mass is 354 g/mol. The average molecular weight is 354 g/mol. The summed E-state index contributed by atoms with van der Waals surface area (Å²) in [6, 6.07) is 8.83. The predicted molar refractivity (Wildman–Crippen MR) is 95.8 cm³/mol. The van der Waals surface area contributed by atoms with Crippen molar-refractivity contribution in [2.45, 2.75) is 33.4 Å². The van der Waals surface area contributed by atoms with Crippen LogP contribution in [0.5, 0.6) is 5.75 Å². The maximum Gasteiger partial charge on any atom is 0.255 e. The molecule has 0 aliphatic heterocycles. The van der Waals surface area contributed by atoms with E-state index in [1.54, 1.807) is 16.8 Å². The lowest BCUT2D eigenvalue weighted by Crippen LogP contribution is -2.27. The van der Waals surface area contributed by atoms with Gasteiger partial charge in [-0.25, -0.2) is 0 Å². The van der Waals surface area contributed by atoms with Crippen LogP contribution < -0.4 is 10.1 Å². The van der Waals surface area contributed by atoms with Crippen LogP contribution in [-0.4, -0.2) is 20.8 Å². The summed E-state index contributed by atoms with van der Waals surface area (Å²) in [7, 11) is 1.84. The van der Waals surface area contributed by atoms with Crippen LogP contribution in [0.25, 0.3) is 0 Å². The van der Waals surface area contributed by atoms with Gasteiger partial charge >= 0.3 is 0 Å². The fourth-order valence-corrected chi connectivity index (χ4v) is 2.65. The highest BCUT2D eigenvalue weighted by Crippen LogP contribution is 2.22. The molecule has 0 bridgehead atoms. The molecule has 1 N–H and O–H groups in total. The highest BCUT2D eigenvalue weighted by atomic mass is 16.5. The number of amides is 1. The van der Waals surface area contributed by atoms with Gasteiger partial charge in [0.15, 0.2) is 0 Å². The van der Waals surface area contributed by atoms with Gasteiger partial charge in [0.2, 0.25) is 0 Å². The number of ether oxygens (including phenoxy) is 1. The maximum absolute atomic E-state index is 12.7. The van der Waals surface area contributed by atoms with Crippen LogP contribution in [0.4, 0.5) is 0 Å². The minimum atomic E-state index is -0.211. The van der Waals surface area contributed by atoms with Crippen molar-refractivity contribution in [3.05, 3.63) is 64.8 Å². The van der Waals surface area contributed by atoms with Crippen LogP contribution in [0.15, 0.2) is 41.1 Å². The quantitative estimate of drug-likeness (QED) is 0.735. The number of aryl methyl sites for hydroxylation is 3. The van der Waals surface area contributed by atoms with Crippen molar-refractivity contribution in [3.8, 4) is 5.75 Å². The van der Waals surface area contributed by atoms with E-state index in [-0.39, 0.29) is 11.9 Å². The van der Waals surface area contributed by atoms with E-state index in [1.807, 2.05) is 52.2 Å². The summed E-state index contributed by atoms with van der Waals surface area (Å²) in [5.74, 6) is 1.02. The molecule has 7 heteroatoms. The highest BCUT2D eigenvalue weighted by Gasteiger charge is 2.18. The second-order valence-electron chi connectivity index (χ2n) is 6.20. The van der Waals surface area contributed by atoms with Crippen molar-refractivity contribution in [1.29, 1.82) is 0 Å². The molecule has 1 amide bonds. The van der Waals surface area contributed by atoms with E-state index in [1.165, 1.54) is 0 Å². The van der Waals surface area contributed by atoms with Gasteiger partial charge in [0, 0.05) is 13.2 Å². The van der Waals surface area contributed by atoms with Gasteiger partial charge in [-0.05, 0) is 39.0 Å². The third-order valence-corrected chi connectivity index (χ3v) is 4.21.